The number of nitrogen functional groups attached to an aromatic ring is 1. The van der Waals surface area contributed by atoms with Gasteiger partial charge < -0.3 is 10.2 Å². The van der Waals surface area contributed by atoms with Gasteiger partial charge in [-0.15, -0.1) is 0 Å². The molecule has 0 unspecified atom stereocenters. The van der Waals surface area contributed by atoms with E-state index in [1.54, 1.807) is 0 Å². The van der Waals surface area contributed by atoms with Gasteiger partial charge in [0, 0.05) is 12.2 Å². The van der Waals surface area contributed by atoms with Gasteiger partial charge in [0.1, 0.15) is 5.52 Å². The summed E-state index contributed by atoms with van der Waals surface area (Å²) in [7, 11) is 0. The second-order valence-electron chi connectivity index (χ2n) is 5.06. The molecule has 0 spiro atoms. The lowest BCUT2D eigenvalue weighted by Gasteiger charge is -2.20. The predicted octanol–water partition coefficient (Wildman–Crippen LogP) is 2.89. The lowest BCUT2D eigenvalue weighted by Crippen LogP contribution is -2.27. The maximum atomic E-state index is 5.73. The van der Waals surface area contributed by atoms with E-state index in [0.717, 1.165) is 42.3 Å². The van der Waals surface area contributed by atoms with E-state index in [4.69, 9.17) is 10.2 Å². The van der Waals surface area contributed by atoms with Crippen LogP contribution in [0.2, 0.25) is 0 Å². The fraction of sp³-hybridized carbons (Fsp3) is 0.500. The number of oxazole rings is 1. The molecule has 1 aromatic carbocycles. The van der Waals surface area contributed by atoms with Gasteiger partial charge in [-0.05, 0) is 30.7 Å². The summed E-state index contributed by atoms with van der Waals surface area (Å²) in [4.78, 5) is 6.81. The quantitative estimate of drug-likeness (QED) is 0.825. The Morgan fingerprint density at radius 3 is 2.83 bits per heavy atom. The minimum atomic E-state index is 0.643. The molecule has 2 aromatic rings. The lowest BCUT2D eigenvalue weighted by molar-refractivity contribution is 0.227. The molecule has 18 heavy (non-hydrogen) atoms. The Hall–Kier alpha value is -1.55. The number of rotatable bonds is 5. The largest absolute Gasteiger partial charge is 0.439 e. The summed E-state index contributed by atoms with van der Waals surface area (Å²) in [5.74, 6) is 1.41. The van der Waals surface area contributed by atoms with E-state index in [0.29, 0.717) is 5.92 Å². The standard InChI is InChI=1S/C14H21N3O/c1-4-17(8-10(2)3)9-14-16-12-7-11(15)5-6-13(12)18-14/h5-7,10H,4,8-9,15H2,1-3H3. The van der Waals surface area contributed by atoms with Gasteiger partial charge >= 0.3 is 0 Å². The Bertz CT molecular complexity index is 519. The zero-order valence-electron chi connectivity index (χ0n) is 11.3. The van der Waals surface area contributed by atoms with Crippen molar-refractivity contribution in [2.75, 3.05) is 18.8 Å². The van der Waals surface area contributed by atoms with Crippen LogP contribution in [0.1, 0.15) is 26.7 Å². The molecule has 98 valence electrons. The Morgan fingerprint density at radius 1 is 1.39 bits per heavy atom. The van der Waals surface area contributed by atoms with Gasteiger partial charge in [-0.1, -0.05) is 20.8 Å². The highest BCUT2D eigenvalue weighted by Gasteiger charge is 2.11. The molecule has 0 aliphatic carbocycles. The average molecular weight is 247 g/mol. The SMILES string of the molecule is CCN(Cc1nc2cc(N)ccc2o1)CC(C)C. The third-order valence-electron chi connectivity index (χ3n) is 2.89. The van der Waals surface area contributed by atoms with Crippen LogP contribution < -0.4 is 5.73 Å². The van der Waals surface area contributed by atoms with Crippen molar-refractivity contribution in [2.24, 2.45) is 5.92 Å². The third-order valence-corrected chi connectivity index (χ3v) is 2.89. The molecule has 0 fully saturated rings. The van der Waals surface area contributed by atoms with Crippen molar-refractivity contribution >= 4 is 16.8 Å². The van der Waals surface area contributed by atoms with Crippen LogP contribution in [0.25, 0.3) is 11.1 Å². The number of aromatic nitrogens is 1. The Labute approximate surface area is 108 Å². The second-order valence-corrected chi connectivity index (χ2v) is 5.06. The topological polar surface area (TPSA) is 55.3 Å². The minimum absolute atomic E-state index is 0.643. The Kier molecular flexibility index (Phi) is 3.87. The highest BCUT2D eigenvalue weighted by atomic mass is 16.3. The molecule has 0 bridgehead atoms. The highest BCUT2D eigenvalue weighted by Crippen LogP contribution is 2.19. The fourth-order valence-corrected chi connectivity index (χ4v) is 2.07. The maximum Gasteiger partial charge on any atom is 0.209 e. The number of nitrogens with zero attached hydrogens (tertiary/aromatic N) is 2. The van der Waals surface area contributed by atoms with Gasteiger partial charge in [-0.2, -0.15) is 0 Å². The molecule has 0 aliphatic heterocycles. The summed E-state index contributed by atoms with van der Waals surface area (Å²) < 4.78 is 5.73. The predicted molar refractivity (Wildman–Crippen MR) is 74.2 cm³/mol. The molecule has 2 rings (SSSR count). The molecular formula is C14H21N3O. The Balaban J connectivity index is 2.15. The molecule has 0 atom stereocenters. The first kappa shape index (κ1) is 12.9. The van der Waals surface area contributed by atoms with Gasteiger partial charge in [0.2, 0.25) is 5.89 Å². The lowest BCUT2D eigenvalue weighted by atomic mass is 10.2. The zero-order chi connectivity index (χ0) is 13.1. The van der Waals surface area contributed by atoms with E-state index in [9.17, 15) is 0 Å². The molecule has 4 nitrogen and oxygen atoms in total. The van der Waals surface area contributed by atoms with Crippen molar-refractivity contribution in [3.8, 4) is 0 Å². The first-order chi connectivity index (χ1) is 8.58. The molecule has 1 aromatic heterocycles. The number of nitrogens with two attached hydrogens (primary N) is 1. The number of hydrogen-bond donors (Lipinski definition) is 1. The van der Waals surface area contributed by atoms with Crippen molar-refractivity contribution in [2.45, 2.75) is 27.3 Å². The van der Waals surface area contributed by atoms with Crippen LogP contribution >= 0.6 is 0 Å². The van der Waals surface area contributed by atoms with E-state index in [2.05, 4.69) is 30.7 Å². The van der Waals surface area contributed by atoms with Crippen LogP contribution in [0.3, 0.4) is 0 Å². The molecule has 0 radical (unpaired) electrons. The summed E-state index contributed by atoms with van der Waals surface area (Å²) in [5.41, 5.74) is 8.10. The van der Waals surface area contributed by atoms with E-state index in [1.165, 1.54) is 0 Å². The molecule has 2 N–H and O–H groups in total. The molecule has 0 aliphatic rings. The van der Waals surface area contributed by atoms with Crippen LogP contribution in [0.15, 0.2) is 22.6 Å². The van der Waals surface area contributed by atoms with Crippen molar-refractivity contribution < 1.29 is 4.42 Å². The first-order valence-corrected chi connectivity index (χ1v) is 6.45. The van der Waals surface area contributed by atoms with E-state index < -0.39 is 0 Å². The van der Waals surface area contributed by atoms with Gasteiger partial charge in [-0.25, -0.2) is 4.98 Å². The number of benzene rings is 1. The molecule has 0 saturated heterocycles. The van der Waals surface area contributed by atoms with E-state index >= 15 is 0 Å². The van der Waals surface area contributed by atoms with Crippen LogP contribution in [-0.2, 0) is 6.54 Å². The van der Waals surface area contributed by atoms with Crippen LogP contribution in [0, 0.1) is 5.92 Å². The highest BCUT2D eigenvalue weighted by molar-refractivity contribution is 5.76. The van der Waals surface area contributed by atoms with Gasteiger partial charge in [0.25, 0.3) is 0 Å². The van der Waals surface area contributed by atoms with Gasteiger partial charge in [0.15, 0.2) is 5.58 Å². The van der Waals surface area contributed by atoms with Crippen LogP contribution in [0.4, 0.5) is 5.69 Å². The second kappa shape index (κ2) is 5.40. The van der Waals surface area contributed by atoms with Gasteiger partial charge in [-0.3, -0.25) is 4.90 Å². The fourth-order valence-electron chi connectivity index (χ4n) is 2.07. The summed E-state index contributed by atoms with van der Waals surface area (Å²) in [5, 5.41) is 0. The van der Waals surface area contributed by atoms with Crippen LogP contribution in [0.5, 0.6) is 0 Å². The van der Waals surface area contributed by atoms with Gasteiger partial charge in [0.05, 0.1) is 6.54 Å². The van der Waals surface area contributed by atoms with Crippen molar-refractivity contribution in [1.29, 1.82) is 0 Å². The zero-order valence-corrected chi connectivity index (χ0v) is 11.3. The summed E-state index contributed by atoms with van der Waals surface area (Å²) in [6.07, 6.45) is 0. The Morgan fingerprint density at radius 2 is 2.17 bits per heavy atom. The molecular weight excluding hydrogens is 226 g/mol. The summed E-state index contributed by atoms with van der Waals surface area (Å²) in [6, 6.07) is 5.56. The van der Waals surface area contributed by atoms with E-state index in [-0.39, 0.29) is 0 Å². The number of hydrogen-bond acceptors (Lipinski definition) is 4. The smallest absolute Gasteiger partial charge is 0.209 e. The van der Waals surface area contributed by atoms with Crippen LogP contribution in [-0.4, -0.2) is 23.0 Å². The molecule has 1 heterocycles. The van der Waals surface area contributed by atoms with E-state index in [1.807, 2.05) is 18.2 Å². The molecule has 4 heteroatoms. The minimum Gasteiger partial charge on any atom is -0.439 e. The molecule has 0 saturated carbocycles. The monoisotopic (exact) mass is 247 g/mol. The van der Waals surface area contributed by atoms with Crippen molar-refractivity contribution in [3.05, 3.63) is 24.1 Å². The number of fused-ring (bicyclic) bond motifs is 1. The maximum absolute atomic E-state index is 5.73. The summed E-state index contributed by atoms with van der Waals surface area (Å²) in [6.45, 7) is 9.40. The number of anilines is 1. The molecule has 0 amide bonds. The first-order valence-electron chi connectivity index (χ1n) is 6.45. The van der Waals surface area contributed by atoms with Crippen molar-refractivity contribution in [3.63, 3.8) is 0 Å². The summed E-state index contributed by atoms with van der Waals surface area (Å²) >= 11 is 0. The average Bonchev–Trinajstić information content (AvgIpc) is 2.68. The normalized spacial score (nSPS) is 11.8. The third kappa shape index (κ3) is 3.01. The van der Waals surface area contributed by atoms with Crippen molar-refractivity contribution in [1.82, 2.24) is 9.88 Å².